The normalized spacial score (nSPS) is 12.4. The van der Waals surface area contributed by atoms with Gasteiger partial charge < -0.3 is 39.0 Å². The van der Waals surface area contributed by atoms with Crippen LogP contribution in [0.2, 0.25) is 0 Å². The average Bonchev–Trinajstić information content (AvgIpc) is 3.47. The van der Waals surface area contributed by atoms with Crippen molar-refractivity contribution in [2.24, 2.45) is 0 Å². The Morgan fingerprint density at radius 1 is 1.05 bits per heavy atom. The predicted molar refractivity (Wildman–Crippen MR) is 146 cm³/mol. The summed E-state index contributed by atoms with van der Waals surface area (Å²) < 4.78 is 23.8. The number of nitrogens with zero attached hydrogens (tertiary/aromatic N) is 2. The Bertz CT molecular complexity index is 1630. The number of fused-ring (bicyclic) bond motifs is 2. The van der Waals surface area contributed by atoms with E-state index >= 15 is 0 Å². The summed E-state index contributed by atoms with van der Waals surface area (Å²) in [5, 5.41) is 22.3. The zero-order valence-electron chi connectivity index (χ0n) is 22.3. The van der Waals surface area contributed by atoms with Gasteiger partial charge in [0.05, 0.1) is 56.3 Å². The van der Waals surface area contributed by atoms with Crippen molar-refractivity contribution in [3.05, 3.63) is 76.3 Å². The molecule has 5 rings (SSSR count). The Hall–Kier alpha value is -4.61. The molecule has 0 fully saturated rings. The predicted octanol–water partition coefficient (Wildman–Crippen LogP) is 2.33. The maximum Gasteiger partial charge on any atom is 0.253 e. The lowest BCUT2D eigenvalue weighted by atomic mass is 9.99. The van der Waals surface area contributed by atoms with Crippen molar-refractivity contribution in [2.45, 2.75) is 19.0 Å². The topological polar surface area (TPSA) is 141 Å². The van der Waals surface area contributed by atoms with Crippen molar-refractivity contribution in [2.75, 3.05) is 34.2 Å². The number of carbonyl (C=O) groups excluding carboxylic acids is 1. The maximum absolute atomic E-state index is 13.5. The molecule has 40 heavy (non-hydrogen) atoms. The molecular weight excluding hydrogens is 518 g/mol. The van der Waals surface area contributed by atoms with Gasteiger partial charge in [-0.15, -0.1) is 0 Å². The number of benzene rings is 2. The molecule has 2 aromatic heterocycles. The molecule has 0 radical (unpaired) electrons. The molecule has 0 unspecified atom stereocenters. The second-order valence-electron chi connectivity index (χ2n) is 9.61. The first-order valence-electron chi connectivity index (χ1n) is 12.5. The number of aromatic nitrogens is 2. The molecule has 208 valence electrons. The summed E-state index contributed by atoms with van der Waals surface area (Å²) in [5.41, 5.74) is 1.31. The number of pyridine rings is 2. The van der Waals surface area contributed by atoms with E-state index in [-0.39, 0.29) is 24.5 Å². The minimum Gasteiger partial charge on any atom is -0.497 e. The number of rotatable bonds is 9. The summed E-state index contributed by atoms with van der Waals surface area (Å²) >= 11 is 0. The van der Waals surface area contributed by atoms with Crippen LogP contribution in [0.3, 0.4) is 0 Å². The van der Waals surface area contributed by atoms with E-state index < -0.39 is 24.7 Å². The number of ether oxygens (including phenoxy) is 4. The van der Waals surface area contributed by atoms with E-state index in [1.807, 2.05) is 18.2 Å². The van der Waals surface area contributed by atoms with Crippen LogP contribution in [-0.2, 0) is 6.54 Å². The van der Waals surface area contributed by atoms with E-state index in [2.05, 4.69) is 10.3 Å². The van der Waals surface area contributed by atoms with Crippen molar-refractivity contribution in [3.8, 4) is 34.1 Å². The lowest BCUT2D eigenvalue weighted by molar-refractivity contribution is 0.0723. The van der Waals surface area contributed by atoms with Gasteiger partial charge in [0.25, 0.3) is 11.5 Å². The molecule has 0 spiro atoms. The number of nitrogens with one attached hydrogen (secondary N) is 1. The first-order valence-corrected chi connectivity index (χ1v) is 12.5. The number of hydrogen-bond donors (Lipinski definition) is 3. The largest absolute Gasteiger partial charge is 0.497 e. The average molecular weight is 548 g/mol. The highest BCUT2D eigenvalue weighted by Gasteiger charge is 2.26. The molecular formula is C29H29N3O8. The van der Waals surface area contributed by atoms with Crippen LogP contribution in [0.1, 0.15) is 23.0 Å². The number of hydrogen-bond acceptors (Lipinski definition) is 9. The SMILES string of the molecule is COc1ccc2c(-c3ccc4c(c3OC)OCO4)cc(=O)n(Cc3ccc(C(=O)NC(C)(CO)CO)cn3)c2c1. The Kier molecular flexibility index (Phi) is 7.33. The van der Waals surface area contributed by atoms with Gasteiger partial charge in [0.2, 0.25) is 12.5 Å². The summed E-state index contributed by atoms with van der Waals surface area (Å²) in [6, 6.07) is 13.9. The number of aliphatic hydroxyl groups is 2. The van der Waals surface area contributed by atoms with E-state index in [1.54, 1.807) is 42.0 Å². The van der Waals surface area contributed by atoms with E-state index in [9.17, 15) is 19.8 Å². The maximum atomic E-state index is 13.5. The minimum absolute atomic E-state index is 0.0876. The van der Waals surface area contributed by atoms with Gasteiger partial charge in [0, 0.05) is 34.8 Å². The summed E-state index contributed by atoms with van der Waals surface area (Å²) in [4.78, 5) is 30.5. The van der Waals surface area contributed by atoms with Crippen LogP contribution in [0.25, 0.3) is 22.0 Å². The van der Waals surface area contributed by atoms with Crippen LogP contribution < -0.4 is 29.8 Å². The van der Waals surface area contributed by atoms with Crippen molar-refractivity contribution in [1.82, 2.24) is 14.9 Å². The summed E-state index contributed by atoms with van der Waals surface area (Å²) in [6.45, 7) is 0.905. The van der Waals surface area contributed by atoms with E-state index in [4.69, 9.17) is 18.9 Å². The molecule has 1 aliphatic heterocycles. The van der Waals surface area contributed by atoms with Crippen LogP contribution in [0.5, 0.6) is 23.0 Å². The summed E-state index contributed by atoms with van der Waals surface area (Å²) in [6.07, 6.45) is 1.39. The molecule has 3 heterocycles. The number of amides is 1. The smallest absolute Gasteiger partial charge is 0.253 e. The van der Waals surface area contributed by atoms with Crippen molar-refractivity contribution in [3.63, 3.8) is 0 Å². The van der Waals surface area contributed by atoms with Gasteiger partial charge in [-0.05, 0) is 43.3 Å². The lowest BCUT2D eigenvalue weighted by Crippen LogP contribution is -2.51. The second kappa shape index (κ2) is 10.9. The zero-order chi connectivity index (χ0) is 28.4. The molecule has 0 aliphatic carbocycles. The van der Waals surface area contributed by atoms with E-state index in [0.29, 0.717) is 45.3 Å². The van der Waals surface area contributed by atoms with Crippen LogP contribution in [0.15, 0.2) is 59.5 Å². The Morgan fingerprint density at radius 2 is 1.85 bits per heavy atom. The van der Waals surface area contributed by atoms with Crippen molar-refractivity contribution in [1.29, 1.82) is 0 Å². The number of methoxy groups -OCH3 is 2. The highest BCUT2D eigenvalue weighted by Crippen LogP contribution is 2.47. The van der Waals surface area contributed by atoms with Crippen LogP contribution in [0, 0.1) is 0 Å². The Labute approximate surface area is 229 Å². The van der Waals surface area contributed by atoms with Crippen LogP contribution in [0.4, 0.5) is 0 Å². The lowest BCUT2D eigenvalue weighted by Gasteiger charge is -2.26. The van der Waals surface area contributed by atoms with Gasteiger partial charge >= 0.3 is 0 Å². The Morgan fingerprint density at radius 3 is 2.52 bits per heavy atom. The van der Waals surface area contributed by atoms with Gasteiger partial charge in [-0.1, -0.05) is 0 Å². The molecule has 11 nitrogen and oxygen atoms in total. The van der Waals surface area contributed by atoms with Gasteiger partial charge in [0.1, 0.15) is 5.75 Å². The van der Waals surface area contributed by atoms with Gasteiger partial charge in [-0.3, -0.25) is 14.6 Å². The van der Waals surface area contributed by atoms with E-state index in [1.165, 1.54) is 20.2 Å². The van der Waals surface area contributed by atoms with Gasteiger partial charge in [-0.25, -0.2) is 0 Å². The highest BCUT2D eigenvalue weighted by atomic mass is 16.7. The third-order valence-electron chi connectivity index (χ3n) is 6.83. The zero-order valence-corrected chi connectivity index (χ0v) is 22.3. The minimum atomic E-state index is -1.16. The van der Waals surface area contributed by atoms with Crippen LogP contribution >= 0.6 is 0 Å². The molecule has 0 saturated carbocycles. The third kappa shape index (κ3) is 4.92. The van der Waals surface area contributed by atoms with Gasteiger partial charge in [0.15, 0.2) is 11.5 Å². The van der Waals surface area contributed by atoms with Crippen molar-refractivity contribution >= 4 is 16.8 Å². The number of carbonyl (C=O) groups is 1. The molecule has 2 aromatic carbocycles. The molecule has 4 aromatic rings. The number of aliphatic hydroxyl groups excluding tert-OH is 2. The molecule has 0 atom stereocenters. The first-order chi connectivity index (χ1) is 19.3. The fourth-order valence-corrected chi connectivity index (χ4v) is 4.52. The fraction of sp³-hybridized carbons (Fsp3) is 0.276. The molecule has 1 amide bonds. The monoisotopic (exact) mass is 547 g/mol. The molecule has 1 aliphatic rings. The molecule has 11 heteroatoms. The van der Waals surface area contributed by atoms with E-state index in [0.717, 1.165) is 5.39 Å². The highest BCUT2D eigenvalue weighted by molar-refractivity contribution is 5.98. The molecule has 0 bridgehead atoms. The summed E-state index contributed by atoms with van der Waals surface area (Å²) in [5.74, 6) is 1.61. The first kappa shape index (κ1) is 27.0. The van der Waals surface area contributed by atoms with Crippen LogP contribution in [-0.4, -0.2) is 65.4 Å². The standard InChI is InChI=1S/C29H29N3O8/c1-29(14-33,15-34)31-28(36)17-4-5-18(30-12-17)13-32-23-10-19(37-2)6-7-20(23)22(11-25(32)35)21-8-9-24-27(26(21)38-3)40-16-39-24/h4-12,33-34H,13-16H2,1-3H3,(H,31,36). The second-order valence-corrected chi connectivity index (χ2v) is 9.61. The molecule has 0 saturated heterocycles. The summed E-state index contributed by atoms with van der Waals surface area (Å²) in [7, 11) is 3.09. The third-order valence-corrected chi connectivity index (χ3v) is 6.83. The Balaban J connectivity index is 1.54. The van der Waals surface area contributed by atoms with Gasteiger partial charge in [-0.2, -0.15) is 0 Å². The van der Waals surface area contributed by atoms with Crippen molar-refractivity contribution < 1.29 is 34.0 Å². The quantitative estimate of drug-likeness (QED) is 0.288. The fourth-order valence-electron chi connectivity index (χ4n) is 4.52. The molecule has 3 N–H and O–H groups in total.